The zero-order valence-corrected chi connectivity index (χ0v) is 17.5. The minimum atomic E-state index is -1.97. The Morgan fingerprint density at radius 2 is 1.73 bits per heavy atom. The number of imide groups is 1. The lowest BCUT2D eigenvalue weighted by atomic mass is 9.73. The molecule has 3 amide bonds. The molecule has 2 fully saturated rings. The molecule has 0 aromatic carbocycles. The van der Waals surface area contributed by atoms with Gasteiger partial charge in [-0.3, -0.25) is 19.7 Å². The van der Waals surface area contributed by atoms with Gasteiger partial charge in [0.2, 0.25) is 17.7 Å². The maximum absolute atomic E-state index is 12.3. The van der Waals surface area contributed by atoms with E-state index in [4.69, 9.17) is 4.43 Å². The molecule has 1 aliphatic carbocycles. The molecule has 5 atom stereocenters. The van der Waals surface area contributed by atoms with E-state index < -0.39 is 8.32 Å². The van der Waals surface area contributed by atoms with Crippen molar-refractivity contribution in [3.05, 3.63) is 11.6 Å². The Morgan fingerprint density at radius 3 is 2.31 bits per heavy atom. The number of carbonyl (C=O) groups excluding carboxylic acids is 3. The smallest absolute Gasteiger partial charge is 0.230 e. The van der Waals surface area contributed by atoms with Crippen molar-refractivity contribution in [2.24, 2.45) is 17.8 Å². The highest BCUT2D eigenvalue weighted by Gasteiger charge is 2.51. The summed E-state index contributed by atoms with van der Waals surface area (Å²) in [6, 6.07) is -0.0910. The average Bonchev–Trinajstić information content (AvgIpc) is 2.77. The van der Waals surface area contributed by atoms with Gasteiger partial charge < -0.3 is 9.74 Å². The molecule has 2 unspecified atom stereocenters. The summed E-state index contributed by atoms with van der Waals surface area (Å²) in [7, 11) is -1.97. The third-order valence-electron chi connectivity index (χ3n) is 6.65. The van der Waals surface area contributed by atoms with Crippen LogP contribution in [0, 0.1) is 17.8 Å². The second-order valence-corrected chi connectivity index (χ2v) is 14.1. The summed E-state index contributed by atoms with van der Waals surface area (Å²) in [5.41, 5.74) is 1.06. The van der Waals surface area contributed by atoms with Gasteiger partial charge in [0.1, 0.15) is 0 Å². The molecule has 3 aliphatic rings. The van der Waals surface area contributed by atoms with E-state index >= 15 is 0 Å². The van der Waals surface area contributed by atoms with Crippen LogP contribution in [-0.2, 0) is 18.8 Å². The minimum Gasteiger partial charge on any atom is -0.413 e. The Hall–Kier alpha value is -1.47. The molecule has 7 heteroatoms. The molecule has 0 aromatic heterocycles. The summed E-state index contributed by atoms with van der Waals surface area (Å²) in [6.07, 6.45) is 2.97. The van der Waals surface area contributed by atoms with E-state index in [1.165, 1.54) is 0 Å². The molecule has 0 spiro atoms. The van der Waals surface area contributed by atoms with Crippen LogP contribution in [0.25, 0.3) is 0 Å². The topological polar surface area (TPSA) is 84.5 Å². The Bertz CT molecular complexity index is 680. The molecule has 2 aliphatic heterocycles. The second kappa shape index (κ2) is 6.30. The van der Waals surface area contributed by atoms with Crippen LogP contribution in [0.2, 0.25) is 18.1 Å². The Morgan fingerprint density at radius 1 is 1.12 bits per heavy atom. The van der Waals surface area contributed by atoms with E-state index in [9.17, 15) is 14.4 Å². The minimum absolute atomic E-state index is 0.0104. The predicted molar refractivity (Wildman–Crippen MR) is 101 cm³/mol. The molecule has 0 bridgehead atoms. The predicted octanol–water partition coefficient (Wildman–Crippen LogP) is 2.12. The molecule has 2 N–H and O–H groups in total. The zero-order chi connectivity index (χ0) is 19.4. The van der Waals surface area contributed by atoms with Gasteiger partial charge in [0, 0.05) is 0 Å². The monoisotopic (exact) mass is 378 g/mol. The standard InChI is InChI=1S/C19H30N2O4Si/c1-10(25-26(5,6)19(2,3)4)14-15(20-18(14)24)11-7-8-12-13(9-11)17(23)21-16(12)22/h7,10,12-15H,8-9H2,1-6H3,(H,20,24)(H,21,22,23)/t10-,12?,13?,14-,15-/m1/s1. The quantitative estimate of drug-likeness (QED) is 0.340. The summed E-state index contributed by atoms with van der Waals surface area (Å²) in [4.78, 5) is 36.1. The Kier molecular flexibility index (Phi) is 4.68. The van der Waals surface area contributed by atoms with Crippen molar-refractivity contribution in [1.29, 1.82) is 0 Å². The number of allylic oxidation sites excluding steroid dienone is 1. The largest absolute Gasteiger partial charge is 0.413 e. The number of nitrogens with one attached hydrogen (secondary N) is 2. The fourth-order valence-electron chi connectivity index (χ4n) is 3.96. The van der Waals surface area contributed by atoms with Crippen molar-refractivity contribution in [3.63, 3.8) is 0 Å². The van der Waals surface area contributed by atoms with Crippen molar-refractivity contribution in [1.82, 2.24) is 10.6 Å². The van der Waals surface area contributed by atoms with Gasteiger partial charge in [-0.15, -0.1) is 0 Å². The van der Waals surface area contributed by atoms with Gasteiger partial charge in [-0.25, -0.2) is 0 Å². The molecule has 144 valence electrons. The molecule has 6 nitrogen and oxygen atoms in total. The van der Waals surface area contributed by atoms with Gasteiger partial charge in [-0.1, -0.05) is 32.4 Å². The molecule has 2 heterocycles. The summed E-state index contributed by atoms with van der Waals surface area (Å²) >= 11 is 0. The second-order valence-electron chi connectivity index (χ2n) is 9.38. The fraction of sp³-hybridized carbons (Fsp3) is 0.737. The lowest BCUT2D eigenvalue weighted by Crippen LogP contribution is -2.64. The van der Waals surface area contributed by atoms with Crippen LogP contribution in [0.3, 0.4) is 0 Å². The van der Waals surface area contributed by atoms with Crippen LogP contribution >= 0.6 is 0 Å². The zero-order valence-electron chi connectivity index (χ0n) is 16.5. The van der Waals surface area contributed by atoms with E-state index in [0.717, 1.165) is 5.57 Å². The number of fused-ring (bicyclic) bond motifs is 1. The first kappa shape index (κ1) is 19.3. The maximum Gasteiger partial charge on any atom is 0.230 e. The number of β-lactam (4-membered cyclic amide) rings is 1. The van der Waals surface area contributed by atoms with E-state index in [1.807, 2.05) is 13.0 Å². The van der Waals surface area contributed by atoms with Gasteiger partial charge in [-0.05, 0) is 37.9 Å². The number of hydrogen-bond acceptors (Lipinski definition) is 4. The van der Waals surface area contributed by atoms with Crippen LogP contribution in [0.1, 0.15) is 40.5 Å². The van der Waals surface area contributed by atoms with Gasteiger partial charge in [0.05, 0.1) is 29.9 Å². The highest BCUT2D eigenvalue weighted by atomic mass is 28.4. The highest BCUT2D eigenvalue weighted by Crippen LogP contribution is 2.42. The first-order valence-corrected chi connectivity index (χ1v) is 12.3. The summed E-state index contributed by atoms with van der Waals surface area (Å²) in [6.45, 7) is 12.9. The van der Waals surface area contributed by atoms with Crippen LogP contribution < -0.4 is 10.6 Å². The lowest BCUT2D eigenvalue weighted by Gasteiger charge is -2.46. The first-order valence-electron chi connectivity index (χ1n) is 9.44. The number of hydrogen-bond donors (Lipinski definition) is 2. The first-order chi connectivity index (χ1) is 11.9. The summed E-state index contributed by atoms with van der Waals surface area (Å²) in [5, 5.41) is 5.49. The average molecular weight is 379 g/mol. The third-order valence-corrected chi connectivity index (χ3v) is 11.2. The van der Waals surface area contributed by atoms with E-state index in [1.54, 1.807) is 0 Å². The van der Waals surface area contributed by atoms with E-state index in [0.29, 0.717) is 12.8 Å². The maximum atomic E-state index is 12.3. The fourth-order valence-corrected chi connectivity index (χ4v) is 5.39. The molecular formula is C19H30N2O4Si. The van der Waals surface area contributed by atoms with Gasteiger partial charge in [-0.2, -0.15) is 0 Å². The van der Waals surface area contributed by atoms with Crippen LogP contribution in [0.4, 0.5) is 0 Å². The van der Waals surface area contributed by atoms with Crippen molar-refractivity contribution in [3.8, 4) is 0 Å². The van der Waals surface area contributed by atoms with Gasteiger partial charge in [0.15, 0.2) is 8.32 Å². The third kappa shape index (κ3) is 3.15. The number of amides is 3. The molecule has 0 radical (unpaired) electrons. The normalized spacial score (nSPS) is 33.0. The van der Waals surface area contributed by atoms with Crippen LogP contribution in [0.5, 0.6) is 0 Å². The Balaban J connectivity index is 1.72. The van der Waals surface area contributed by atoms with Crippen molar-refractivity contribution in [2.45, 2.75) is 70.8 Å². The van der Waals surface area contributed by atoms with Crippen molar-refractivity contribution in [2.75, 3.05) is 0 Å². The van der Waals surface area contributed by atoms with Crippen LogP contribution in [0.15, 0.2) is 11.6 Å². The molecular weight excluding hydrogens is 348 g/mol. The lowest BCUT2D eigenvalue weighted by molar-refractivity contribution is -0.138. The van der Waals surface area contributed by atoms with Gasteiger partial charge >= 0.3 is 0 Å². The molecule has 3 rings (SSSR count). The molecule has 0 saturated carbocycles. The van der Waals surface area contributed by atoms with Gasteiger partial charge in [0.25, 0.3) is 0 Å². The van der Waals surface area contributed by atoms with Crippen LogP contribution in [-0.4, -0.2) is 38.2 Å². The number of rotatable bonds is 4. The number of carbonyl (C=O) groups is 3. The SMILES string of the molecule is C[C@@H](O[Si](C)(C)C(C)(C)C)[C@H]1C(=O)N[C@@H]1C1=CCC2C(=O)NC(=O)C2C1. The molecule has 26 heavy (non-hydrogen) atoms. The van der Waals surface area contributed by atoms with E-state index in [2.05, 4.69) is 44.5 Å². The van der Waals surface area contributed by atoms with E-state index in [-0.39, 0.29) is 52.7 Å². The summed E-state index contributed by atoms with van der Waals surface area (Å²) in [5.74, 6) is -1.11. The van der Waals surface area contributed by atoms with Crippen molar-refractivity contribution >= 4 is 26.0 Å². The molecule has 0 aromatic rings. The summed E-state index contributed by atoms with van der Waals surface area (Å²) < 4.78 is 6.44. The molecule has 2 saturated heterocycles. The Labute approximate surface area is 156 Å². The van der Waals surface area contributed by atoms with Crippen molar-refractivity contribution < 1.29 is 18.8 Å². The highest BCUT2D eigenvalue weighted by molar-refractivity contribution is 6.74.